The molecular formula is C28H31NO. The molecular weight excluding hydrogens is 366 g/mol. The van der Waals surface area contributed by atoms with Crippen molar-refractivity contribution in [1.29, 1.82) is 0 Å². The van der Waals surface area contributed by atoms with Crippen LogP contribution in [0, 0.1) is 5.92 Å². The summed E-state index contributed by atoms with van der Waals surface area (Å²) in [5.41, 5.74) is 5.73. The van der Waals surface area contributed by atoms with Crippen molar-refractivity contribution in [3.8, 4) is 5.75 Å². The molecule has 0 spiro atoms. The average Bonchev–Trinajstić information content (AvgIpc) is 3.48. The van der Waals surface area contributed by atoms with Gasteiger partial charge in [-0.05, 0) is 53.6 Å². The third-order valence-corrected chi connectivity index (χ3v) is 7.31. The Morgan fingerprint density at radius 2 is 1.63 bits per heavy atom. The van der Waals surface area contributed by atoms with Gasteiger partial charge in [0.2, 0.25) is 0 Å². The van der Waals surface area contributed by atoms with E-state index in [1.807, 2.05) is 0 Å². The second-order valence-corrected chi connectivity index (χ2v) is 9.01. The van der Waals surface area contributed by atoms with E-state index in [9.17, 15) is 0 Å². The maximum Gasteiger partial charge on any atom is 0.122 e. The molecule has 0 aromatic heterocycles. The Balaban J connectivity index is 1.31. The first-order chi connectivity index (χ1) is 14.7. The van der Waals surface area contributed by atoms with E-state index >= 15 is 0 Å². The van der Waals surface area contributed by atoms with E-state index in [0.717, 1.165) is 38.3 Å². The number of hydrogen-bond acceptors (Lipinski definition) is 2. The number of likely N-dealkylation sites (tertiary alicyclic amines) is 1. The first-order valence-corrected chi connectivity index (χ1v) is 11.3. The molecule has 1 saturated heterocycles. The summed E-state index contributed by atoms with van der Waals surface area (Å²) in [5.74, 6) is 1.71. The molecule has 2 nitrogen and oxygen atoms in total. The van der Waals surface area contributed by atoms with E-state index in [4.69, 9.17) is 4.74 Å². The van der Waals surface area contributed by atoms with Crippen molar-refractivity contribution in [1.82, 2.24) is 4.90 Å². The van der Waals surface area contributed by atoms with Gasteiger partial charge in [-0.1, -0.05) is 79.7 Å². The Bertz CT molecular complexity index is 943. The molecule has 3 aromatic carbocycles. The van der Waals surface area contributed by atoms with Gasteiger partial charge in [0.25, 0.3) is 0 Å². The molecule has 0 amide bonds. The molecule has 0 N–H and O–H groups in total. The molecule has 2 aliphatic heterocycles. The molecule has 5 rings (SSSR count). The lowest BCUT2D eigenvalue weighted by Gasteiger charge is -2.37. The second-order valence-electron chi connectivity index (χ2n) is 9.01. The number of rotatable bonds is 6. The van der Waals surface area contributed by atoms with E-state index in [0.29, 0.717) is 5.92 Å². The van der Waals surface area contributed by atoms with Gasteiger partial charge in [0.15, 0.2) is 0 Å². The molecule has 2 aliphatic rings. The van der Waals surface area contributed by atoms with Crippen LogP contribution in [0.15, 0.2) is 78.9 Å². The van der Waals surface area contributed by atoms with Crippen LogP contribution in [0.1, 0.15) is 35.6 Å². The van der Waals surface area contributed by atoms with Crippen LogP contribution in [0.5, 0.6) is 5.75 Å². The summed E-state index contributed by atoms with van der Waals surface area (Å²) in [6, 6.07) is 29.0. The van der Waals surface area contributed by atoms with Crippen molar-refractivity contribution >= 4 is 0 Å². The number of benzene rings is 3. The first-order valence-electron chi connectivity index (χ1n) is 11.3. The van der Waals surface area contributed by atoms with E-state index in [1.54, 1.807) is 0 Å². The third kappa shape index (κ3) is 3.65. The van der Waals surface area contributed by atoms with Crippen molar-refractivity contribution in [2.45, 2.75) is 31.6 Å². The molecule has 154 valence electrons. The smallest absolute Gasteiger partial charge is 0.122 e. The fourth-order valence-corrected chi connectivity index (χ4v) is 5.40. The zero-order valence-electron chi connectivity index (χ0n) is 17.9. The lowest BCUT2D eigenvalue weighted by Crippen LogP contribution is -2.36. The number of hydrogen-bond donors (Lipinski definition) is 0. The summed E-state index contributed by atoms with van der Waals surface area (Å²) in [4.78, 5) is 2.67. The van der Waals surface area contributed by atoms with Crippen LogP contribution in [0.2, 0.25) is 0 Å². The lowest BCUT2D eigenvalue weighted by molar-refractivity contribution is 0.293. The van der Waals surface area contributed by atoms with Gasteiger partial charge in [0, 0.05) is 24.9 Å². The topological polar surface area (TPSA) is 12.5 Å². The molecule has 0 unspecified atom stereocenters. The van der Waals surface area contributed by atoms with E-state index < -0.39 is 0 Å². The third-order valence-electron chi connectivity index (χ3n) is 7.31. The monoisotopic (exact) mass is 397 g/mol. The number of ether oxygens (including phenoxy) is 1. The molecule has 0 saturated carbocycles. The molecule has 1 fully saturated rings. The predicted octanol–water partition coefficient (Wildman–Crippen LogP) is 5.49. The Hall–Kier alpha value is -2.58. The molecule has 0 radical (unpaired) electrons. The van der Waals surface area contributed by atoms with Gasteiger partial charge in [-0.2, -0.15) is 0 Å². The zero-order valence-corrected chi connectivity index (χ0v) is 17.9. The molecule has 0 bridgehead atoms. The van der Waals surface area contributed by atoms with Gasteiger partial charge in [-0.3, -0.25) is 0 Å². The molecule has 30 heavy (non-hydrogen) atoms. The van der Waals surface area contributed by atoms with Crippen molar-refractivity contribution in [3.05, 3.63) is 101 Å². The van der Waals surface area contributed by atoms with E-state index in [-0.39, 0.29) is 5.41 Å². The number of nitrogens with zero attached hydrogens (tertiary/aromatic N) is 1. The first kappa shape index (κ1) is 19.4. The van der Waals surface area contributed by atoms with Crippen LogP contribution in [0.25, 0.3) is 0 Å². The summed E-state index contributed by atoms with van der Waals surface area (Å²) >= 11 is 0. The van der Waals surface area contributed by atoms with Crippen LogP contribution < -0.4 is 4.74 Å². The second kappa shape index (κ2) is 8.28. The van der Waals surface area contributed by atoms with Gasteiger partial charge in [-0.25, -0.2) is 0 Å². The average molecular weight is 398 g/mol. The highest BCUT2D eigenvalue weighted by molar-refractivity contribution is 5.41. The molecule has 1 atom stereocenters. The summed E-state index contributed by atoms with van der Waals surface area (Å²) in [6.07, 6.45) is 3.42. The zero-order chi connectivity index (χ0) is 20.4. The summed E-state index contributed by atoms with van der Waals surface area (Å²) in [6.45, 7) is 6.77. The summed E-state index contributed by atoms with van der Waals surface area (Å²) in [7, 11) is 0. The Kier molecular flexibility index (Phi) is 5.35. The standard InChI is InChI=1S/C28H31NO/c1-28(24-8-4-2-5-9-24,25-10-6-3-7-11-25)26-15-18-29(21-26)17-14-22-12-13-27-23(20-22)16-19-30-27/h2-13,20,26H,14-19,21H2,1H3/t26-/m1/s1. The fraction of sp³-hybridized carbons (Fsp3) is 0.357. The highest BCUT2D eigenvalue weighted by atomic mass is 16.5. The van der Waals surface area contributed by atoms with Crippen LogP contribution >= 0.6 is 0 Å². The van der Waals surface area contributed by atoms with E-state index in [1.165, 1.54) is 35.2 Å². The van der Waals surface area contributed by atoms with Gasteiger partial charge in [0.05, 0.1) is 6.61 Å². The van der Waals surface area contributed by atoms with Crippen molar-refractivity contribution in [2.24, 2.45) is 5.92 Å². The summed E-state index contributed by atoms with van der Waals surface area (Å²) < 4.78 is 5.66. The minimum absolute atomic E-state index is 0.0438. The largest absolute Gasteiger partial charge is 0.493 e. The molecule has 2 heteroatoms. The molecule has 3 aromatic rings. The van der Waals surface area contributed by atoms with Gasteiger partial charge in [0.1, 0.15) is 5.75 Å². The Morgan fingerprint density at radius 1 is 0.933 bits per heavy atom. The maximum atomic E-state index is 5.66. The predicted molar refractivity (Wildman–Crippen MR) is 123 cm³/mol. The maximum absolute atomic E-state index is 5.66. The lowest BCUT2D eigenvalue weighted by atomic mass is 9.67. The quantitative estimate of drug-likeness (QED) is 0.545. The highest BCUT2D eigenvalue weighted by Crippen LogP contribution is 2.43. The van der Waals surface area contributed by atoms with Gasteiger partial charge >= 0.3 is 0 Å². The fourth-order valence-electron chi connectivity index (χ4n) is 5.40. The Morgan fingerprint density at radius 3 is 2.33 bits per heavy atom. The van der Waals surface area contributed by atoms with Crippen molar-refractivity contribution in [2.75, 3.05) is 26.2 Å². The van der Waals surface area contributed by atoms with Crippen molar-refractivity contribution < 1.29 is 4.74 Å². The van der Waals surface area contributed by atoms with Crippen LogP contribution in [-0.4, -0.2) is 31.1 Å². The minimum Gasteiger partial charge on any atom is -0.493 e. The van der Waals surface area contributed by atoms with Crippen LogP contribution in [-0.2, 0) is 18.3 Å². The SMILES string of the molecule is CC(c1ccccc1)(c1ccccc1)[C@@H]1CCN(CCc2ccc3c(c2)CCO3)C1. The summed E-state index contributed by atoms with van der Waals surface area (Å²) in [5, 5.41) is 0. The van der Waals surface area contributed by atoms with Gasteiger partial charge < -0.3 is 9.64 Å². The molecule has 0 aliphatic carbocycles. The minimum atomic E-state index is 0.0438. The van der Waals surface area contributed by atoms with Crippen LogP contribution in [0.4, 0.5) is 0 Å². The Labute approximate surface area is 180 Å². The van der Waals surface area contributed by atoms with Crippen molar-refractivity contribution in [3.63, 3.8) is 0 Å². The van der Waals surface area contributed by atoms with Gasteiger partial charge in [-0.15, -0.1) is 0 Å². The highest BCUT2D eigenvalue weighted by Gasteiger charge is 2.40. The van der Waals surface area contributed by atoms with Crippen LogP contribution in [0.3, 0.4) is 0 Å². The normalized spacial score (nSPS) is 18.9. The van der Waals surface area contributed by atoms with E-state index in [2.05, 4.69) is 90.7 Å². The molecule has 2 heterocycles. The number of fused-ring (bicyclic) bond motifs is 1.